The maximum Gasteiger partial charge on any atom is 0.407 e. The smallest absolute Gasteiger partial charge is 0.407 e. The molecule has 1 aliphatic rings. The standard InChI is InChI=1S/C20H22N2O5S/c1-20(2)13-27-19(24)21-18(20)17(23)16(14-9-5-3-6-10-14)22-28(25,26)15-11-7-4-8-12-15/h3-12,16,18,22H,13H2,1-2H3,(H,21,24)/t16-,18+/m0/s1. The summed E-state index contributed by atoms with van der Waals surface area (Å²) in [4.78, 5) is 25.1. The third-order valence-corrected chi connectivity index (χ3v) is 6.09. The highest BCUT2D eigenvalue weighted by Crippen LogP contribution is 2.30. The maximum absolute atomic E-state index is 13.4. The Kier molecular flexibility index (Phi) is 5.53. The summed E-state index contributed by atoms with van der Waals surface area (Å²) in [5.74, 6) is -0.452. The normalized spacial score (nSPS) is 19.9. The lowest BCUT2D eigenvalue weighted by Crippen LogP contribution is -2.59. The number of rotatable bonds is 6. The molecule has 0 spiro atoms. The fraction of sp³-hybridized carbons (Fsp3) is 0.300. The molecule has 2 aromatic rings. The first-order valence-electron chi connectivity index (χ1n) is 8.80. The lowest BCUT2D eigenvalue weighted by atomic mass is 9.79. The number of hydrogen-bond donors (Lipinski definition) is 2. The molecule has 8 heteroatoms. The number of Topliss-reactive ketones (excluding diaryl/α,β-unsaturated/α-hetero) is 1. The topological polar surface area (TPSA) is 102 Å². The monoisotopic (exact) mass is 402 g/mol. The molecule has 1 heterocycles. The van der Waals surface area contributed by atoms with Crippen LogP contribution in [-0.4, -0.2) is 32.9 Å². The van der Waals surface area contributed by atoms with Crippen LogP contribution in [-0.2, 0) is 19.6 Å². The van der Waals surface area contributed by atoms with Gasteiger partial charge >= 0.3 is 6.09 Å². The zero-order valence-electron chi connectivity index (χ0n) is 15.6. The number of ether oxygens (including phenoxy) is 1. The van der Waals surface area contributed by atoms with Crippen LogP contribution >= 0.6 is 0 Å². The Morgan fingerprint density at radius 1 is 1.11 bits per heavy atom. The molecule has 3 rings (SSSR count). The lowest BCUT2D eigenvalue weighted by molar-refractivity contribution is -0.127. The molecular formula is C20H22N2O5S. The number of benzene rings is 2. The second kappa shape index (κ2) is 7.73. The van der Waals surface area contributed by atoms with Gasteiger partial charge in [0.05, 0.1) is 4.90 Å². The van der Waals surface area contributed by atoms with Crippen molar-refractivity contribution in [1.29, 1.82) is 0 Å². The molecule has 7 nitrogen and oxygen atoms in total. The number of carbonyl (C=O) groups is 2. The van der Waals surface area contributed by atoms with Crippen LogP contribution in [0.2, 0.25) is 0 Å². The van der Waals surface area contributed by atoms with Crippen LogP contribution in [0.3, 0.4) is 0 Å². The van der Waals surface area contributed by atoms with E-state index >= 15 is 0 Å². The van der Waals surface area contributed by atoms with Gasteiger partial charge in [-0.3, -0.25) is 4.79 Å². The number of sulfonamides is 1. The van der Waals surface area contributed by atoms with Crippen LogP contribution in [0.25, 0.3) is 0 Å². The minimum atomic E-state index is -3.96. The van der Waals surface area contributed by atoms with Crippen LogP contribution in [0.1, 0.15) is 25.5 Å². The molecule has 2 aromatic carbocycles. The predicted molar refractivity (Wildman–Crippen MR) is 103 cm³/mol. The molecule has 1 amide bonds. The highest BCUT2D eigenvalue weighted by molar-refractivity contribution is 7.89. The number of nitrogens with one attached hydrogen (secondary N) is 2. The number of alkyl carbamates (subject to hydrolysis) is 1. The van der Waals surface area contributed by atoms with Crippen LogP contribution in [0.4, 0.5) is 4.79 Å². The van der Waals surface area contributed by atoms with Gasteiger partial charge in [-0.05, 0) is 17.7 Å². The minimum absolute atomic E-state index is 0.0546. The summed E-state index contributed by atoms with van der Waals surface area (Å²) < 4.78 is 33.2. The van der Waals surface area contributed by atoms with E-state index in [0.29, 0.717) is 5.56 Å². The second-order valence-electron chi connectivity index (χ2n) is 7.32. The summed E-state index contributed by atoms with van der Waals surface area (Å²) in [5, 5.41) is 2.54. The first-order valence-corrected chi connectivity index (χ1v) is 10.3. The minimum Gasteiger partial charge on any atom is -0.449 e. The fourth-order valence-electron chi connectivity index (χ4n) is 3.07. The van der Waals surface area contributed by atoms with E-state index < -0.39 is 39.4 Å². The van der Waals surface area contributed by atoms with E-state index in [4.69, 9.17) is 4.74 Å². The van der Waals surface area contributed by atoms with E-state index in [2.05, 4.69) is 10.0 Å². The summed E-state index contributed by atoms with van der Waals surface area (Å²) in [6.07, 6.45) is -0.699. The summed E-state index contributed by atoms with van der Waals surface area (Å²) in [6.45, 7) is 3.62. The van der Waals surface area contributed by atoms with Crippen LogP contribution in [0, 0.1) is 5.41 Å². The molecule has 0 aromatic heterocycles. The van der Waals surface area contributed by atoms with Gasteiger partial charge in [-0.1, -0.05) is 62.4 Å². The molecule has 0 saturated carbocycles. The van der Waals surface area contributed by atoms with Crippen molar-refractivity contribution >= 4 is 21.9 Å². The zero-order chi connectivity index (χ0) is 20.4. The number of amides is 1. The molecular weight excluding hydrogens is 380 g/mol. The summed E-state index contributed by atoms with van der Waals surface area (Å²) in [5.41, 5.74) is -0.209. The van der Waals surface area contributed by atoms with E-state index in [1.165, 1.54) is 12.1 Å². The van der Waals surface area contributed by atoms with Crippen molar-refractivity contribution in [3.8, 4) is 0 Å². The van der Waals surface area contributed by atoms with E-state index in [0.717, 1.165) is 0 Å². The Labute approximate surface area is 164 Å². The molecule has 0 unspecified atom stereocenters. The van der Waals surface area contributed by atoms with Crippen molar-refractivity contribution in [3.63, 3.8) is 0 Å². The highest BCUT2D eigenvalue weighted by atomic mass is 32.2. The number of hydrogen-bond acceptors (Lipinski definition) is 5. The van der Waals surface area contributed by atoms with Crippen LogP contribution < -0.4 is 10.0 Å². The molecule has 2 atom stereocenters. The van der Waals surface area contributed by atoms with Gasteiger partial charge in [0, 0.05) is 5.41 Å². The van der Waals surface area contributed by atoms with E-state index in [1.807, 2.05) is 0 Å². The number of ketones is 1. The third-order valence-electron chi connectivity index (χ3n) is 4.65. The van der Waals surface area contributed by atoms with E-state index in [1.54, 1.807) is 62.4 Å². The Hall–Kier alpha value is -2.71. The molecule has 0 bridgehead atoms. The lowest BCUT2D eigenvalue weighted by Gasteiger charge is -2.38. The quantitative estimate of drug-likeness (QED) is 0.773. The molecule has 28 heavy (non-hydrogen) atoms. The molecule has 148 valence electrons. The molecule has 1 fully saturated rings. The van der Waals surface area contributed by atoms with Crippen molar-refractivity contribution in [2.24, 2.45) is 5.41 Å². The Bertz CT molecular complexity index is 959. The Morgan fingerprint density at radius 3 is 2.29 bits per heavy atom. The first-order chi connectivity index (χ1) is 13.2. The molecule has 0 aliphatic carbocycles. The van der Waals surface area contributed by atoms with Gasteiger partial charge in [0.25, 0.3) is 0 Å². The number of carbonyl (C=O) groups excluding carboxylic acids is 2. The van der Waals surface area contributed by atoms with Gasteiger partial charge in [0.1, 0.15) is 18.7 Å². The SMILES string of the molecule is CC1(C)COC(=O)N[C@@H]1C(=O)[C@@H](NS(=O)(=O)c1ccccc1)c1ccccc1. The average molecular weight is 402 g/mol. The van der Waals surface area contributed by atoms with Gasteiger partial charge in [-0.25, -0.2) is 13.2 Å². The largest absolute Gasteiger partial charge is 0.449 e. The van der Waals surface area contributed by atoms with Gasteiger partial charge in [0.2, 0.25) is 10.0 Å². The van der Waals surface area contributed by atoms with E-state index in [9.17, 15) is 18.0 Å². The zero-order valence-corrected chi connectivity index (χ0v) is 16.4. The van der Waals surface area contributed by atoms with Gasteiger partial charge in [-0.15, -0.1) is 0 Å². The molecule has 0 radical (unpaired) electrons. The van der Waals surface area contributed by atoms with Crippen LogP contribution in [0.15, 0.2) is 65.6 Å². The first kappa shape index (κ1) is 20.0. The summed E-state index contributed by atoms with van der Waals surface area (Å²) in [6, 6.07) is 14.3. The average Bonchev–Trinajstić information content (AvgIpc) is 2.69. The maximum atomic E-state index is 13.4. The molecule has 2 N–H and O–H groups in total. The van der Waals surface area contributed by atoms with Gasteiger partial charge in [-0.2, -0.15) is 4.72 Å². The van der Waals surface area contributed by atoms with Gasteiger partial charge < -0.3 is 10.1 Å². The van der Waals surface area contributed by atoms with Crippen LogP contribution in [0.5, 0.6) is 0 Å². The fourth-order valence-corrected chi connectivity index (χ4v) is 4.29. The Balaban J connectivity index is 1.98. The highest BCUT2D eigenvalue weighted by Gasteiger charge is 2.44. The summed E-state index contributed by atoms with van der Waals surface area (Å²) >= 11 is 0. The van der Waals surface area contributed by atoms with Crippen molar-refractivity contribution in [3.05, 3.63) is 66.2 Å². The van der Waals surface area contributed by atoms with Crippen molar-refractivity contribution in [2.45, 2.75) is 30.8 Å². The molecule has 1 saturated heterocycles. The van der Waals surface area contributed by atoms with Gasteiger partial charge in [0.15, 0.2) is 5.78 Å². The predicted octanol–water partition coefficient (Wildman–Crippen LogP) is 2.41. The molecule has 1 aliphatic heterocycles. The summed E-state index contributed by atoms with van der Waals surface area (Å²) in [7, 11) is -3.96. The third kappa shape index (κ3) is 4.23. The van der Waals surface area contributed by atoms with E-state index in [-0.39, 0.29) is 11.5 Å². The Morgan fingerprint density at radius 2 is 1.68 bits per heavy atom. The van der Waals surface area contributed by atoms with Crippen molar-refractivity contribution in [1.82, 2.24) is 10.0 Å². The van der Waals surface area contributed by atoms with Crippen molar-refractivity contribution in [2.75, 3.05) is 6.61 Å². The number of cyclic esters (lactones) is 1. The second-order valence-corrected chi connectivity index (χ2v) is 9.04. The van der Waals surface area contributed by atoms with Crippen molar-refractivity contribution < 1.29 is 22.7 Å².